The summed E-state index contributed by atoms with van der Waals surface area (Å²) in [5.41, 5.74) is 12.9. The molecule has 0 heterocycles. The van der Waals surface area contributed by atoms with Crippen molar-refractivity contribution in [3.05, 3.63) is 54.5 Å². The molecular weight excluding hydrogens is 616 g/mol. The lowest BCUT2D eigenvalue weighted by Crippen LogP contribution is -2.14. The molecule has 0 radical (unpaired) electrons. The Morgan fingerprint density at radius 2 is 0.700 bits per heavy atom. The van der Waals surface area contributed by atoms with Crippen LogP contribution in [0.15, 0.2) is 21.1 Å². The van der Waals surface area contributed by atoms with Crippen molar-refractivity contribution >= 4 is 31.9 Å². The van der Waals surface area contributed by atoms with Crippen molar-refractivity contribution in [2.75, 3.05) is 0 Å². The van der Waals surface area contributed by atoms with Crippen LogP contribution in [0.3, 0.4) is 0 Å². The molecule has 4 aliphatic rings. The summed E-state index contributed by atoms with van der Waals surface area (Å²) in [7, 11) is 0. The predicted octanol–water partition coefficient (Wildman–Crippen LogP) is 13.7. The standard InChI is InChI=1S/C38H52Br2/c1-25-31(27-15-7-3-8-16-27)23-33(37(39)35(25)29-19-11-5-12-20-29)34-24-32(28-17-9-4-10-18-28)26(2)36(38(34)40)30-21-13-6-14-22-30/h23-24,27-30H,3-22H2,1-2H3. The van der Waals surface area contributed by atoms with Gasteiger partial charge in [0.2, 0.25) is 0 Å². The van der Waals surface area contributed by atoms with Crippen molar-refractivity contribution in [1.82, 2.24) is 0 Å². The summed E-state index contributed by atoms with van der Waals surface area (Å²) < 4.78 is 2.84. The summed E-state index contributed by atoms with van der Waals surface area (Å²) >= 11 is 8.67. The number of benzene rings is 2. The molecule has 0 unspecified atom stereocenters. The average molecular weight is 669 g/mol. The molecule has 0 saturated heterocycles. The van der Waals surface area contributed by atoms with Gasteiger partial charge in [0.25, 0.3) is 0 Å². The van der Waals surface area contributed by atoms with Crippen LogP contribution in [-0.2, 0) is 0 Å². The lowest BCUT2D eigenvalue weighted by atomic mass is 9.74. The Labute approximate surface area is 262 Å². The summed E-state index contributed by atoms with van der Waals surface area (Å²) in [4.78, 5) is 0. The summed E-state index contributed by atoms with van der Waals surface area (Å²) in [6.45, 7) is 4.96. The van der Waals surface area contributed by atoms with E-state index in [1.54, 1.807) is 33.4 Å². The van der Waals surface area contributed by atoms with Crippen molar-refractivity contribution in [3.8, 4) is 11.1 Å². The van der Waals surface area contributed by atoms with Gasteiger partial charge in [-0.15, -0.1) is 0 Å². The first-order chi connectivity index (χ1) is 19.5. The number of hydrogen-bond donors (Lipinski definition) is 0. The molecule has 218 valence electrons. The van der Waals surface area contributed by atoms with Crippen LogP contribution in [0.4, 0.5) is 0 Å². The van der Waals surface area contributed by atoms with Gasteiger partial charge in [-0.2, -0.15) is 0 Å². The van der Waals surface area contributed by atoms with Gasteiger partial charge in [0.15, 0.2) is 0 Å². The zero-order valence-corrected chi connectivity index (χ0v) is 28.5. The van der Waals surface area contributed by atoms with Gasteiger partial charge < -0.3 is 0 Å². The molecule has 2 aromatic rings. The fourth-order valence-corrected chi connectivity index (χ4v) is 11.3. The minimum Gasteiger partial charge on any atom is -0.0533 e. The molecule has 0 aromatic heterocycles. The van der Waals surface area contributed by atoms with Gasteiger partial charge in [-0.1, -0.05) is 77.0 Å². The average Bonchev–Trinajstić information content (AvgIpc) is 3.00. The fraction of sp³-hybridized carbons (Fsp3) is 0.684. The van der Waals surface area contributed by atoms with Crippen LogP contribution in [0.1, 0.15) is 185 Å². The number of hydrogen-bond acceptors (Lipinski definition) is 0. The van der Waals surface area contributed by atoms with E-state index in [4.69, 9.17) is 0 Å². The highest BCUT2D eigenvalue weighted by Crippen LogP contribution is 2.51. The highest BCUT2D eigenvalue weighted by Gasteiger charge is 2.31. The zero-order chi connectivity index (χ0) is 27.6. The Kier molecular flexibility index (Phi) is 9.85. The smallest absolute Gasteiger partial charge is 0.0291 e. The topological polar surface area (TPSA) is 0 Å². The maximum atomic E-state index is 4.34. The van der Waals surface area contributed by atoms with Crippen LogP contribution < -0.4 is 0 Å². The first-order valence-corrected chi connectivity index (χ1v) is 18.8. The van der Waals surface area contributed by atoms with E-state index in [9.17, 15) is 0 Å². The van der Waals surface area contributed by atoms with E-state index >= 15 is 0 Å². The third-order valence-corrected chi connectivity index (χ3v) is 13.3. The summed E-state index contributed by atoms with van der Waals surface area (Å²) in [6, 6.07) is 5.35. The molecule has 0 aliphatic heterocycles. The molecule has 0 atom stereocenters. The summed E-state index contributed by atoms with van der Waals surface area (Å²) in [6.07, 6.45) is 27.8. The van der Waals surface area contributed by atoms with Crippen molar-refractivity contribution in [1.29, 1.82) is 0 Å². The molecule has 0 nitrogen and oxygen atoms in total. The van der Waals surface area contributed by atoms with Crippen LogP contribution in [0.2, 0.25) is 0 Å². The van der Waals surface area contributed by atoms with E-state index in [2.05, 4.69) is 57.8 Å². The van der Waals surface area contributed by atoms with Gasteiger partial charge in [-0.25, -0.2) is 0 Å². The lowest BCUT2D eigenvalue weighted by Gasteiger charge is -2.33. The van der Waals surface area contributed by atoms with Crippen molar-refractivity contribution in [2.45, 2.75) is 166 Å². The minimum absolute atomic E-state index is 0.713. The molecule has 4 fully saturated rings. The maximum absolute atomic E-state index is 4.34. The fourth-order valence-electron chi connectivity index (χ4n) is 9.41. The van der Waals surface area contributed by atoms with Gasteiger partial charge >= 0.3 is 0 Å². The Balaban J connectivity index is 1.56. The van der Waals surface area contributed by atoms with E-state index in [0.29, 0.717) is 11.8 Å². The second-order valence-electron chi connectivity index (χ2n) is 14.1. The van der Waals surface area contributed by atoms with E-state index in [1.165, 1.54) is 148 Å². The first-order valence-electron chi connectivity index (χ1n) is 17.2. The van der Waals surface area contributed by atoms with Crippen molar-refractivity contribution in [2.24, 2.45) is 0 Å². The molecule has 0 N–H and O–H groups in total. The summed E-state index contributed by atoms with van der Waals surface area (Å²) in [5, 5.41) is 0. The van der Waals surface area contributed by atoms with Crippen LogP contribution in [0, 0.1) is 13.8 Å². The Morgan fingerprint density at radius 1 is 0.425 bits per heavy atom. The molecule has 40 heavy (non-hydrogen) atoms. The van der Waals surface area contributed by atoms with E-state index < -0.39 is 0 Å². The Bertz CT molecular complexity index is 1080. The maximum Gasteiger partial charge on any atom is 0.0291 e. The largest absolute Gasteiger partial charge is 0.0533 e. The lowest BCUT2D eigenvalue weighted by molar-refractivity contribution is 0.432. The predicted molar refractivity (Wildman–Crippen MR) is 180 cm³/mol. The van der Waals surface area contributed by atoms with Crippen molar-refractivity contribution in [3.63, 3.8) is 0 Å². The molecule has 2 heteroatoms. The Morgan fingerprint density at radius 3 is 1.00 bits per heavy atom. The molecule has 0 spiro atoms. The molecule has 0 bridgehead atoms. The highest BCUT2D eigenvalue weighted by atomic mass is 79.9. The monoisotopic (exact) mass is 666 g/mol. The molecule has 0 amide bonds. The molecular formula is C38H52Br2. The Hall–Kier alpha value is -0.600. The third-order valence-electron chi connectivity index (χ3n) is 11.6. The van der Waals surface area contributed by atoms with Crippen LogP contribution >= 0.6 is 31.9 Å². The van der Waals surface area contributed by atoms with Crippen molar-refractivity contribution < 1.29 is 0 Å². The normalized spacial score (nSPS) is 22.6. The van der Waals surface area contributed by atoms with E-state index in [0.717, 1.165) is 11.8 Å². The number of rotatable bonds is 5. The third kappa shape index (κ3) is 5.93. The van der Waals surface area contributed by atoms with Crippen LogP contribution in [0.25, 0.3) is 11.1 Å². The van der Waals surface area contributed by atoms with E-state index in [-0.39, 0.29) is 0 Å². The second kappa shape index (κ2) is 13.4. The second-order valence-corrected chi connectivity index (χ2v) is 15.7. The molecule has 4 aliphatic carbocycles. The summed E-state index contributed by atoms with van der Waals surface area (Å²) in [5.74, 6) is 2.90. The minimum atomic E-state index is 0.713. The van der Waals surface area contributed by atoms with Gasteiger partial charge in [0.05, 0.1) is 0 Å². The molecule has 6 rings (SSSR count). The molecule has 4 saturated carbocycles. The van der Waals surface area contributed by atoms with Crippen LogP contribution in [-0.4, -0.2) is 0 Å². The number of halogens is 2. The SMILES string of the molecule is Cc1c(C2CCCCC2)cc(-c2cc(C3CCCCC3)c(C)c(C3CCCCC3)c2Br)c(Br)c1C1CCCCC1. The first kappa shape index (κ1) is 29.5. The highest BCUT2D eigenvalue weighted by molar-refractivity contribution is 9.11. The van der Waals surface area contributed by atoms with Gasteiger partial charge in [-0.05, 0) is 177 Å². The zero-order valence-electron chi connectivity index (χ0n) is 25.4. The van der Waals surface area contributed by atoms with Gasteiger partial charge in [0, 0.05) is 8.95 Å². The van der Waals surface area contributed by atoms with E-state index in [1.807, 2.05) is 0 Å². The van der Waals surface area contributed by atoms with Gasteiger partial charge in [0.1, 0.15) is 0 Å². The quantitative estimate of drug-likeness (QED) is 0.298. The molecule has 2 aromatic carbocycles. The van der Waals surface area contributed by atoms with Gasteiger partial charge in [-0.3, -0.25) is 0 Å². The van der Waals surface area contributed by atoms with Crippen LogP contribution in [0.5, 0.6) is 0 Å².